The summed E-state index contributed by atoms with van der Waals surface area (Å²) in [4.78, 5) is 23.6. The molecule has 128 valence electrons. The highest BCUT2D eigenvalue weighted by atomic mass is 16.2. The van der Waals surface area contributed by atoms with E-state index >= 15 is 0 Å². The molecule has 0 radical (unpaired) electrons. The van der Waals surface area contributed by atoms with Gasteiger partial charge in [-0.2, -0.15) is 0 Å². The fourth-order valence-corrected chi connectivity index (χ4v) is 2.34. The molecular weight excluding hydrogens is 288 g/mol. The van der Waals surface area contributed by atoms with E-state index in [1.807, 2.05) is 24.3 Å². The average Bonchev–Trinajstić information content (AvgIpc) is 2.54. The highest BCUT2D eigenvalue weighted by molar-refractivity contribution is 5.90. The van der Waals surface area contributed by atoms with E-state index in [0.29, 0.717) is 19.4 Å². The van der Waals surface area contributed by atoms with Crippen LogP contribution in [-0.4, -0.2) is 11.8 Å². The maximum absolute atomic E-state index is 11.8. The van der Waals surface area contributed by atoms with Gasteiger partial charge in [0, 0.05) is 25.1 Å². The van der Waals surface area contributed by atoms with Gasteiger partial charge in [0.05, 0.1) is 0 Å². The lowest BCUT2D eigenvalue weighted by atomic mass is 10.1. The van der Waals surface area contributed by atoms with Crippen molar-refractivity contribution in [3.8, 4) is 0 Å². The Morgan fingerprint density at radius 1 is 0.913 bits per heavy atom. The van der Waals surface area contributed by atoms with E-state index < -0.39 is 0 Å². The molecular formula is C19H30N2O2. The molecule has 0 saturated carbocycles. The zero-order valence-electron chi connectivity index (χ0n) is 14.5. The first kappa shape index (κ1) is 19.2. The topological polar surface area (TPSA) is 58.2 Å². The van der Waals surface area contributed by atoms with Crippen LogP contribution in [0.1, 0.15) is 70.8 Å². The molecule has 0 fully saturated rings. The van der Waals surface area contributed by atoms with Gasteiger partial charge in [-0.15, -0.1) is 0 Å². The minimum absolute atomic E-state index is 0.0548. The third kappa shape index (κ3) is 9.01. The smallest absolute Gasteiger partial charge is 0.224 e. The van der Waals surface area contributed by atoms with E-state index in [2.05, 4.69) is 24.5 Å². The van der Waals surface area contributed by atoms with Crippen LogP contribution in [0.4, 0.5) is 5.69 Å². The Balaban J connectivity index is 2.38. The molecule has 4 heteroatoms. The molecule has 0 aromatic heterocycles. The summed E-state index contributed by atoms with van der Waals surface area (Å²) in [6.45, 7) is 4.75. The molecule has 1 aromatic carbocycles. The number of carbonyl (C=O) groups excluding carboxylic acids is 2. The third-order valence-electron chi connectivity index (χ3n) is 3.72. The van der Waals surface area contributed by atoms with E-state index in [4.69, 9.17) is 0 Å². The maximum atomic E-state index is 11.8. The molecule has 23 heavy (non-hydrogen) atoms. The molecule has 0 unspecified atom stereocenters. The second-order valence-electron chi connectivity index (χ2n) is 5.94. The van der Waals surface area contributed by atoms with Crippen molar-refractivity contribution in [2.45, 2.75) is 71.8 Å². The van der Waals surface area contributed by atoms with Gasteiger partial charge in [-0.1, -0.05) is 51.7 Å². The first-order chi connectivity index (χ1) is 11.2. The lowest BCUT2D eigenvalue weighted by Crippen LogP contribution is -2.22. The predicted molar refractivity (Wildman–Crippen MR) is 95.2 cm³/mol. The molecule has 2 amide bonds. The molecule has 0 spiro atoms. The molecule has 0 heterocycles. The van der Waals surface area contributed by atoms with Gasteiger partial charge in [-0.05, 0) is 30.5 Å². The lowest BCUT2D eigenvalue weighted by Gasteiger charge is -2.09. The number of nitrogens with one attached hydrogen (secondary N) is 2. The standard InChI is InChI=1S/C19H30N2O2/c1-3-5-7-12-18(22)20-15-16-10-9-11-17(14-16)21-19(23)13-8-6-4-2/h9-11,14H,3-8,12-13,15H2,1-2H3,(H,20,22)(H,21,23). The Hall–Kier alpha value is -1.84. The Bertz CT molecular complexity index is 486. The maximum Gasteiger partial charge on any atom is 0.224 e. The Morgan fingerprint density at radius 3 is 2.22 bits per heavy atom. The van der Waals surface area contributed by atoms with E-state index in [0.717, 1.165) is 49.8 Å². The van der Waals surface area contributed by atoms with E-state index in [9.17, 15) is 9.59 Å². The summed E-state index contributed by atoms with van der Waals surface area (Å²) in [7, 11) is 0. The first-order valence-electron chi connectivity index (χ1n) is 8.81. The second-order valence-corrected chi connectivity index (χ2v) is 5.94. The molecule has 0 aliphatic rings. The summed E-state index contributed by atoms with van der Waals surface area (Å²) < 4.78 is 0. The van der Waals surface area contributed by atoms with Crippen LogP contribution in [0.25, 0.3) is 0 Å². The summed E-state index contributed by atoms with van der Waals surface area (Å²) in [6, 6.07) is 7.66. The number of carbonyl (C=O) groups is 2. The van der Waals surface area contributed by atoms with Crippen LogP contribution >= 0.6 is 0 Å². The first-order valence-corrected chi connectivity index (χ1v) is 8.81. The highest BCUT2D eigenvalue weighted by Gasteiger charge is 2.04. The van der Waals surface area contributed by atoms with Gasteiger partial charge in [0.1, 0.15) is 0 Å². The van der Waals surface area contributed by atoms with Crippen LogP contribution in [0, 0.1) is 0 Å². The Kier molecular flexibility index (Phi) is 9.76. The largest absolute Gasteiger partial charge is 0.352 e. The lowest BCUT2D eigenvalue weighted by molar-refractivity contribution is -0.121. The summed E-state index contributed by atoms with van der Waals surface area (Å²) in [5.74, 6) is 0.145. The molecule has 0 aliphatic carbocycles. The van der Waals surface area contributed by atoms with Gasteiger partial charge >= 0.3 is 0 Å². The second kappa shape index (κ2) is 11.7. The van der Waals surface area contributed by atoms with Crippen LogP contribution < -0.4 is 10.6 Å². The van der Waals surface area contributed by atoms with Crippen molar-refractivity contribution in [2.24, 2.45) is 0 Å². The fraction of sp³-hybridized carbons (Fsp3) is 0.579. The van der Waals surface area contributed by atoms with Crippen molar-refractivity contribution in [2.75, 3.05) is 5.32 Å². The number of hydrogen-bond acceptors (Lipinski definition) is 2. The molecule has 2 N–H and O–H groups in total. The summed E-state index contributed by atoms with van der Waals surface area (Å²) in [5.41, 5.74) is 1.80. The van der Waals surface area contributed by atoms with Crippen LogP contribution in [0.2, 0.25) is 0 Å². The predicted octanol–water partition coefficient (Wildman–Crippen LogP) is 4.40. The van der Waals surface area contributed by atoms with Gasteiger partial charge in [-0.3, -0.25) is 9.59 Å². The van der Waals surface area contributed by atoms with Crippen LogP contribution in [0.15, 0.2) is 24.3 Å². The van der Waals surface area contributed by atoms with Gasteiger partial charge < -0.3 is 10.6 Å². The number of rotatable bonds is 11. The molecule has 0 saturated heterocycles. The van der Waals surface area contributed by atoms with E-state index in [-0.39, 0.29) is 11.8 Å². The molecule has 4 nitrogen and oxygen atoms in total. The van der Waals surface area contributed by atoms with Gasteiger partial charge in [0.2, 0.25) is 11.8 Å². The van der Waals surface area contributed by atoms with Crippen LogP contribution in [0.5, 0.6) is 0 Å². The van der Waals surface area contributed by atoms with Crippen molar-refractivity contribution in [3.05, 3.63) is 29.8 Å². The fourth-order valence-electron chi connectivity index (χ4n) is 2.34. The minimum Gasteiger partial charge on any atom is -0.352 e. The Morgan fingerprint density at radius 2 is 1.57 bits per heavy atom. The highest BCUT2D eigenvalue weighted by Crippen LogP contribution is 2.12. The molecule has 1 rings (SSSR count). The van der Waals surface area contributed by atoms with Crippen molar-refractivity contribution >= 4 is 17.5 Å². The van der Waals surface area contributed by atoms with Crippen molar-refractivity contribution < 1.29 is 9.59 Å². The number of hydrogen-bond donors (Lipinski definition) is 2. The van der Waals surface area contributed by atoms with Gasteiger partial charge in [0.15, 0.2) is 0 Å². The zero-order chi connectivity index (χ0) is 16.9. The Labute approximate surface area is 140 Å². The van der Waals surface area contributed by atoms with E-state index in [1.54, 1.807) is 0 Å². The van der Waals surface area contributed by atoms with Crippen LogP contribution in [0.3, 0.4) is 0 Å². The van der Waals surface area contributed by atoms with Crippen LogP contribution in [-0.2, 0) is 16.1 Å². The molecule has 1 aromatic rings. The number of anilines is 1. The van der Waals surface area contributed by atoms with Gasteiger partial charge in [0.25, 0.3) is 0 Å². The summed E-state index contributed by atoms with van der Waals surface area (Å²) in [6.07, 6.45) is 7.42. The quantitative estimate of drug-likeness (QED) is 0.594. The van der Waals surface area contributed by atoms with Crippen molar-refractivity contribution in [1.82, 2.24) is 5.32 Å². The average molecular weight is 318 g/mol. The van der Waals surface area contributed by atoms with Gasteiger partial charge in [-0.25, -0.2) is 0 Å². The normalized spacial score (nSPS) is 10.3. The van der Waals surface area contributed by atoms with E-state index in [1.165, 1.54) is 0 Å². The van der Waals surface area contributed by atoms with Crippen molar-refractivity contribution in [1.29, 1.82) is 0 Å². The molecule has 0 aliphatic heterocycles. The number of unbranched alkanes of at least 4 members (excludes halogenated alkanes) is 4. The SMILES string of the molecule is CCCCCC(=O)NCc1cccc(NC(=O)CCCCC)c1. The number of amides is 2. The molecule has 0 atom stereocenters. The third-order valence-corrected chi connectivity index (χ3v) is 3.72. The summed E-state index contributed by atoms with van der Waals surface area (Å²) >= 11 is 0. The summed E-state index contributed by atoms with van der Waals surface area (Å²) in [5, 5.41) is 5.85. The zero-order valence-corrected chi connectivity index (χ0v) is 14.5. The monoisotopic (exact) mass is 318 g/mol. The van der Waals surface area contributed by atoms with Crippen molar-refractivity contribution in [3.63, 3.8) is 0 Å². The molecule has 0 bridgehead atoms. The number of benzene rings is 1. The minimum atomic E-state index is 0.0548.